The Hall–Kier alpha value is -1.09. The maximum atomic E-state index is 14.4. The van der Waals surface area contributed by atoms with E-state index in [0.29, 0.717) is 31.5 Å². The van der Waals surface area contributed by atoms with Gasteiger partial charge in [0.05, 0.1) is 25.4 Å². The molecule has 2 rings (SSSR count). The monoisotopic (exact) mass is 464 g/mol. The van der Waals surface area contributed by atoms with Gasteiger partial charge < -0.3 is 20.3 Å². The van der Waals surface area contributed by atoms with Crippen molar-refractivity contribution in [3.63, 3.8) is 0 Å². The fraction of sp³-hybridized carbons (Fsp3) is 0.611. The molecule has 1 aliphatic heterocycles. The summed E-state index contributed by atoms with van der Waals surface area (Å²) in [6.07, 6.45) is 1.02. The Bertz CT molecular complexity index is 550. The van der Waals surface area contributed by atoms with Crippen molar-refractivity contribution in [3.05, 3.63) is 29.6 Å². The summed E-state index contributed by atoms with van der Waals surface area (Å²) in [6, 6.07) is 5.73. The quantitative estimate of drug-likeness (QED) is 0.386. The first-order chi connectivity index (χ1) is 11.6. The van der Waals surface area contributed by atoms with Crippen LogP contribution in [0.15, 0.2) is 23.2 Å². The van der Waals surface area contributed by atoms with Gasteiger partial charge in [0.15, 0.2) is 5.96 Å². The summed E-state index contributed by atoms with van der Waals surface area (Å²) in [5, 5.41) is 6.56. The van der Waals surface area contributed by atoms with E-state index in [-0.39, 0.29) is 29.8 Å². The van der Waals surface area contributed by atoms with Crippen molar-refractivity contribution in [1.29, 1.82) is 0 Å². The van der Waals surface area contributed by atoms with E-state index in [0.717, 1.165) is 37.6 Å². The summed E-state index contributed by atoms with van der Waals surface area (Å²) in [6.45, 7) is 10.3. The van der Waals surface area contributed by atoms with Gasteiger partial charge in [0, 0.05) is 25.7 Å². The maximum absolute atomic E-state index is 14.4. The molecular weight excluding hydrogens is 434 g/mol. The van der Waals surface area contributed by atoms with Gasteiger partial charge in [-0.05, 0) is 38.0 Å². The Morgan fingerprint density at radius 1 is 1.32 bits per heavy atom. The molecule has 0 aromatic heterocycles. The average Bonchev–Trinajstić information content (AvgIpc) is 2.60. The van der Waals surface area contributed by atoms with Crippen LogP contribution in [0.1, 0.15) is 32.8 Å². The molecule has 1 atom stereocenters. The van der Waals surface area contributed by atoms with Crippen LogP contribution in [0.25, 0.3) is 0 Å². The van der Waals surface area contributed by atoms with Crippen LogP contribution in [0.4, 0.5) is 10.1 Å². The molecule has 1 aromatic carbocycles. The second kappa shape index (κ2) is 11.5. The van der Waals surface area contributed by atoms with Gasteiger partial charge in [-0.2, -0.15) is 0 Å². The lowest BCUT2D eigenvalue weighted by Gasteiger charge is -2.29. The first-order valence-corrected chi connectivity index (χ1v) is 8.80. The summed E-state index contributed by atoms with van der Waals surface area (Å²) < 4.78 is 19.7. The van der Waals surface area contributed by atoms with Gasteiger partial charge in [-0.25, -0.2) is 9.38 Å². The molecule has 1 heterocycles. The standard InChI is InChI=1S/C18H29FN4O.HI/c1-4-14(3)22-18(20-5-2)21-13-15-6-7-17(16(19)12-15)23-8-10-24-11-9-23;/h6-7,12,14H,4-5,8-11,13H2,1-3H3,(H2,20,21,22);1H. The molecule has 5 nitrogen and oxygen atoms in total. The van der Waals surface area contributed by atoms with E-state index in [4.69, 9.17) is 4.74 Å². The summed E-state index contributed by atoms with van der Waals surface area (Å²) in [4.78, 5) is 6.58. The van der Waals surface area contributed by atoms with Crippen molar-refractivity contribution in [2.75, 3.05) is 37.7 Å². The highest BCUT2D eigenvalue weighted by Crippen LogP contribution is 2.21. The van der Waals surface area contributed by atoms with E-state index in [9.17, 15) is 4.39 Å². The molecule has 142 valence electrons. The third kappa shape index (κ3) is 6.97. The molecule has 1 aromatic rings. The van der Waals surface area contributed by atoms with Gasteiger partial charge in [0.25, 0.3) is 0 Å². The summed E-state index contributed by atoms with van der Waals surface area (Å²) >= 11 is 0. The number of nitrogens with one attached hydrogen (secondary N) is 2. The number of nitrogens with zero attached hydrogens (tertiary/aromatic N) is 2. The van der Waals surface area contributed by atoms with Crippen LogP contribution in [-0.4, -0.2) is 44.8 Å². The lowest BCUT2D eigenvalue weighted by molar-refractivity contribution is 0.122. The van der Waals surface area contributed by atoms with Crippen LogP contribution in [0.5, 0.6) is 0 Å². The lowest BCUT2D eigenvalue weighted by atomic mass is 10.1. The Morgan fingerprint density at radius 2 is 2.04 bits per heavy atom. The molecule has 0 spiro atoms. The second-order valence-corrected chi connectivity index (χ2v) is 6.03. The minimum absolute atomic E-state index is 0. The van der Waals surface area contributed by atoms with E-state index < -0.39 is 0 Å². The largest absolute Gasteiger partial charge is 0.378 e. The summed E-state index contributed by atoms with van der Waals surface area (Å²) in [5.41, 5.74) is 1.52. The van der Waals surface area contributed by atoms with Crippen molar-refractivity contribution in [2.45, 2.75) is 39.8 Å². The van der Waals surface area contributed by atoms with Crippen molar-refractivity contribution in [2.24, 2.45) is 4.99 Å². The van der Waals surface area contributed by atoms with Gasteiger partial charge in [-0.15, -0.1) is 24.0 Å². The minimum Gasteiger partial charge on any atom is -0.378 e. The molecule has 1 saturated heterocycles. The van der Waals surface area contributed by atoms with Crippen molar-refractivity contribution in [1.82, 2.24) is 10.6 Å². The van der Waals surface area contributed by atoms with E-state index in [1.54, 1.807) is 6.07 Å². The predicted molar refractivity (Wildman–Crippen MR) is 113 cm³/mol. The fourth-order valence-electron chi connectivity index (χ4n) is 2.54. The van der Waals surface area contributed by atoms with Crippen molar-refractivity contribution < 1.29 is 9.13 Å². The smallest absolute Gasteiger partial charge is 0.191 e. The molecule has 1 unspecified atom stereocenters. The fourth-order valence-corrected chi connectivity index (χ4v) is 2.54. The van der Waals surface area contributed by atoms with E-state index in [1.807, 2.05) is 24.0 Å². The molecule has 0 aliphatic carbocycles. The normalized spacial score (nSPS) is 16.2. The van der Waals surface area contributed by atoms with Gasteiger partial charge in [0.1, 0.15) is 5.82 Å². The van der Waals surface area contributed by atoms with Gasteiger partial charge in [-0.3, -0.25) is 0 Å². The zero-order chi connectivity index (χ0) is 17.4. The number of hydrogen-bond acceptors (Lipinski definition) is 3. The number of rotatable bonds is 6. The zero-order valence-electron chi connectivity index (χ0n) is 15.3. The number of benzene rings is 1. The summed E-state index contributed by atoms with van der Waals surface area (Å²) in [7, 11) is 0. The summed E-state index contributed by atoms with van der Waals surface area (Å²) in [5.74, 6) is 0.578. The molecule has 1 aliphatic rings. The third-order valence-corrected chi connectivity index (χ3v) is 4.12. The molecule has 0 amide bonds. The SMILES string of the molecule is CCNC(=NCc1ccc(N2CCOCC2)c(F)c1)NC(C)CC.I. The molecule has 0 radical (unpaired) electrons. The number of ether oxygens (including phenoxy) is 1. The minimum atomic E-state index is -0.190. The molecule has 0 bridgehead atoms. The number of guanidine groups is 1. The number of hydrogen-bond donors (Lipinski definition) is 2. The Kier molecular flexibility index (Phi) is 10.1. The highest BCUT2D eigenvalue weighted by Gasteiger charge is 2.15. The Balaban J connectivity index is 0.00000312. The van der Waals surface area contributed by atoms with E-state index in [1.165, 1.54) is 0 Å². The van der Waals surface area contributed by atoms with Crippen LogP contribution in [-0.2, 0) is 11.3 Å². The molecule has 2 N–H and O–H groups in total. The van der Waals surface area contributed by atoms with Gasteiger partial charge in [0.2, 0.25) is 0 Å². The topological polar surface area (TPSA) is 48.9 Å². The van der Waals surface area contributed by atoms with Crippen LogP contribution in [0.2, 0.25) is 0 Å². The highest BCUT2D eigenvalue weighted by molar-refractivity contribution is 14.0. The number of anilines is 1. The van der Waals surface area contributed by atoms with E-state index >= 15 is 0 Å². The van der Waals surface area contributed by atoms with Gasteiger partial charge >= 0.3 is 0 Å². The zero-order valence-corrected chi connectivity index (χ0v) is 17.7. The lowest BCUT2D eigenvalue weighted by Crippen LogP contribution is -2.41. The molecule has 25 heavy (non-hydrogen) atoms. The number of aliphatic imine (C=N–C) groups is 1. The molecular formula is C18H30FIN4O. The maximum Gasteiger partial charge on any atom is 0.191 e. The van der Waals surface area contributed by atoms with Crippen molar-refractivity contribution >= 4 is 35.6 Å². The van der Waals surface area contributed by atoms with E-state index in [2.05, 4.69) is 29.5 Å². The average molecular weight is 464 g/mol. The Labute approximate surface area is 167 Å². The highest BCUT2D eigenvalue weighted by atomic mass is 127. The molecule has 0 saturated carbocycles. The Morgan fingerprint density at radius 3 is 2.64 bits per heavy atom. The molecule has 1 fully saturated rings. The predicted octanol–water partition coefficient (Wildman–Crippen LogP) is 3.13. The third-order valence-electron chi connectivity index (χ3n) is 4.12. The number of halogens is 2. The first kappa shape index (κ1) is 22.0. The van der Waals surface area contributed by atoms with Crippen LogP contribution < -0.4 is 15.5 Å². The van der Waals surface area contributed by atoms with Crippen LogP contribution in [0.3, 0.4) is 0 Å². The molecule has 7 heteroatoms. The second-order valence-electron chi connectivity index (χ2n) is 6.03. The van der Waals surface area contributed by atoms with Gasteiger partial charge in [-0.1, -0.05) is 13.0 Å². The van der Waals surface area contributed by atoms with Crippen LogP contribution in [0, 0.1) is 5.82 Å². The first-order valence-electron chi connectivity index (χ1n) is 8.80. The number of morpholine rings is 1. The van der Waals surface area contributed by atoms with Crippen molar-refractivity contribution in [3.8, 4) is 0 Å². The van der Waals surface area contributed by atoms with Crippen LogP contribution >= 0.6 is 24.0 Å².